The van der Waals surface area contributed by atoms with Gasteiger partial charge in [-0.2, -0.15) is 0 Å². The highest BCUT2D eigenvalue weighted by atomic mass is 16.6. The van der Waals surface area contributed by atoms with Gasteiger partial charge in [0.05, 0.1) is 26.4 Å². The van der Waals surface area contributed by atoms with E-state index in [1.54, 1.807) is 0 Å². The number of rotatable bonds is 18. The molecule has 4 unspecified atom stereocenters. The van der Waals surface area contributed by atoms with Crippen LogP contribution in [0.1, 0.15) is 40.5 Å². The highest BCUT2D eigenvalue weighted by molar-refractivity contribution is 5.48. The molecule has 4 aromatic rings. The van der Waals surface area contributed by atoms with E-state index in [9.17, 15) is 5.11 Å². The number of ether oxygens (including phenoxy) is 7. The lowest BCUT2D eigenvalue weighted by Crippen LogP contribution is -2.15. The minimum Gasteiger partial charge on any atom is -0.494 e. The molecule has 0 radical (unpaired) electrons. The molecule has 0 spiro atoms. The van der Waals surface area contributed by atoms with Crippen LogP contribution in [0, 0.1) is 0 Å². The third-order valence-electron chi connectivity index (χ3n) is 8.38. The first-order valence-electron chi connectivity index (χ1n) is 16.1. The van der Waals surface area contributed by atoms with Gasteiger partial charge in [-0.1, -0.05) is 48.5 Å². The number of aliphatic hydroxyl groups is 1. The summed E-state index contributed by atoms with van der Waals surface area (Å²) in [7, 11) is 0. The largest absolute Gasteiger partial charge is 0.494 e. The predicted octanol–water partition coefficient (Wildman–Crippen LogP) is 5.74. The van der Waals surface area contributed by atoms with Crippen LogP contribution in [0.25, 0.3) is 0 Å². The van der Waals surface area contributed by atoms with E-state index >= 15 is 0 Å². The van der Waals surface area contributed by atoms with Crippen LogP contribution in [0.2, 0.25) is 0 Å². The number of benzene rings is 4. The van der Waals surface area contributed by atoms with Crippen molar-refractivity contribution >= 4 is 0 Å². The standard InChI is InChI=1S/C38H40O8/c39-18-1-19-40-30-10-2-26(3-11-30)37(27-4-12-31(13-5-27)41-20-34-23-44-34)38(28-6-14-32(15-7-28)42-21-35-24-45-35)29-8-16-33(17-9-29)43-22-36-25-46-36/h2-17,34-39H,1,18-25H2. The third-order valence-corrected chi connectivity index (χ3v) is 8.38. The summed E-state index contributed by atoms with van der Waals surface area (Å²) in [4.78, 5) is 0. The van der Waals surface area contributed by atoms with Crippen molar-refractivity contribution < 1.29 is 38.3 Å². The SMILES string of the molecule is OCCCOc1ccc(C(c2ccc(OCC3CO3)cc2)C(c2ccc(OCC3CO3)cc2)c2ccc(OCC3CO3)cc2)cc1. The van der Waals surface area contributed by atoms with Crippen LogP contribution in [-0.2, 0) is 14.2 Å². The van der Waals surface area contributed by atoms with Gasteiger partial charge >= 0.3 is 0 Å². The molecule has 4 aromatic carbocycles. The fraction of sp³-hybridized carbons (Fsp3) is 0.368. The zero-order valence-corrected chi connectivity index (χ0v) is 25.8. The Morgan fingerprint density at radius 3 is 1.02 bits per heavy atom. The highest BCUT2D eigenvalue weighted by Gasteiger charge is 2.30. The third kappa shape index (κ3) is 8.39. The van der Waals surface area contributed by atoms with Gasteiger partial charge < -0.3 is 38.3 Å². The summed E-state index contributed by atoms with van der Waals surface area (Å²) in [5.41, 5.74) is 4.63. The van der Waals surface area contributed by atoms with Crippen molar-refractivity contribution in [3.05, 3.63) is 119 Å². The van der Waals surface area contributed by atoms with Crippen LogP contribution in [-0.4, -0.2) is 76.3 Å². The van der Waals surface area contributed by atoms with Gasteiger partial charge in [0, 0.05) is 24.9 Å². The van der Waals surface area contributed by atoms with Crippen molar-refractivity contribution in [3.8, 4) is 23.0 Å². The summed E-state index contributed by atoms with van der Waals surface area (Å²) in [6.45, 7) is 4.55. The van der Waals surface area contributed by atoms with Gasteiger partial charge in [-0.25, -0.2) is 0 Å². The van der Waals surface area contributed by atoms with Crippen LogP contribution in [0.5, 0.6) is 23.0 Å². The van der Waals surface area contributed by atoms with E-state index in [2.05, 4.69) is 48.5 Å². The number of epoxide rings is 3. The van der Waals surface area contributed by atoms with E-state index in [0.29, 0.717) is 32.8 Å². The first-order chi connectivity index (χ1) is 22.7. The van der Waals surface area contributed by atoms with Gasteiger partial charge in [0.1, 0.15) is 61.1 Å². The van der Waals surface area contributed by atoms with Crippen LogP contribution >= 0.6 is 0 Å². The molecule has 0 bridgehead atoms. The molecule has 0 saturated carbocycles. The van der Waals surface area contributed by atoms with E-state index in [1.807, 2.05) is 48.5 Å². The molecule has 0 aromatic heterocycles. The smallest absolute Gasteiger partial charge is 0.119 e. The molecule has 7 rings (SSSR count). The van der Waals surface area contributed by atoms with Crippen LogP contribution in [0.4, 0.5) is 0 Å². The van der Waals surface area contributed by atoms with E-state index in [0.717, 1.165) is 65.1 Å². The van der Waals surface area contributed by atoms with Crippen molar-refractivity contribution in [3.63, 3.8) is 0 Å². The van der Waals surface area contributed by atoms with Gasteiger partial charge in [0.25, 0.3) is 0 Å². The fourth-order valence-electron chi connectivity index (χ4n) is 5.56. The molecule has 3 fully saturated rings. The Bertz CT molecular complexity index is 1450. The molecule has 240 valence electrons. The van der Waals surface area contributed by atoms with Crippen molar-refractivity contribution in [2.75, 3.05) is 52.9 Å². The van der Waals surface area contributed by atoms with Crippen molar-refractivity contribution in [2.45, 2.75) is 36.6 Å². The molecule has 0 aliphatic carbocycles. The zero-order valence-electron chi connectivity index (χ0n) is 25.8. The van der Waals surface area contributed by atoms with Crippen LogP contribution < -0.4 is 18.9 Å². The number of aliphatic hydroxyl groups excluding tert-OH is 1. The Balaban J connectivity index is 1.23. The summed E-state index contributed by atoms with van der Waals surface area (Å²) in [6, 6.07) is 33.5. The van der Waals surface area contributed by atoms with Gasteiger partial charge in [-0.05, 0) is 70.8 Å². The zero-order chi connectivity index (χ0) is 31.1. The summed E-state index contributed by atoms with van der Waals surface area (Å²) >= 11 is 0. The molecule has 3 saturated heterocycles. The van der Waals surface area contributed by atoms with Crippen LogP contribution in [0.15, 0.2) is 97.1 Å². The molecule has 3 aliphatic rings. The van der Waals surface area contributed by atoms with Crippen molar-refractivity contribution in [2.24, 2.45) is 0 Å². The maximum absolute atomic E-state index is 9.17. The van der Waals surface area contributed by atoms with E-state index in [4.69, 9.17) is 33.2 Å². The van der Waals surface area contributed by atoms with Gasteiger partial charge in [0.15, 0.2) is 0 Å². The summed E-state index contributed by atoms with van der Waals surface area (Å²) in [6.07, 6.45) is 1.18. The van der Waals surface area contributed by atoms with Gasteiger partial charge in [0.2, 0.25) is 0 Å². The number of hydrogen-bond acceptors (Lipinski definition) is 8. The molecule has 3 aliphatic heterocycles. The number of hydrogen-bond donors (Lipinski definition) is 1. The molecule has 0 amide bonds. The minimum atomic E-state index is -0.0365. The summed E-state index contributed by atoms with van der Waals surface area (Å²) < 4.78 is 39.7. The first kappa shape index (κ1) is 30.6. The maximum atomic E-state index is 9.17. The Labute approximate surface area is 269 Å². The molecular formula is C38H40O8. The van der Waals surface area contributed by atoms with Crippen molar-refractivity contribution in [1.82, 2.24) is 0 Å². The first-order valence-corrected chi connectivity index (χ1v) is 16.1. The average Bonchev–Trinajstić information content (AvgIpc) is 3.95. The Kier molecular flexibility index (Phi) is 9.68. The lowest BCUT2D eigenvalue weighted by molar-refractivity contribution is 0.233. The Morgan fingerprint density at radius 2 is 0.761 bits per heavy atom. The summed E-state index contributed by atoms with van der Waals surface area (Å²) in [5, 5.41) is 9.17. The van der Waals surface area contributed by atoms with Crippen LogP contribution in [0.3, 0.4) is 0 Å². The predicted molar refractivity (Wildman–Crippen MR) is 172 cm³/mol. The maximum Gasteiger partial charge on any atom is 0.119 e. The summed E-state index contributed by atoms with van der Waals surface area (Å²) in [5.74, 6) is 3.18. The monoisotopic (exact) mass is 624 g/mol. The Morgan fingerprint density at radius 1 is 0.478 bits per heavy atom. The lowest BCUT2D eigenvalue weighted by atomic mass is 9.73. The molecule has 3 heterocycles. The van der Waals surface area contributed by atoms with Gasteiger partial charge in [-0.3, -0.25) is 0 Å². The molecule has 1 N–H and O–H groups in total. The molecule has 8 heteroatoms. The van der Waals surface area contributed by atoms with E-state index < -0.39 is 0 Å². The average molecular weight is 625 g/mol. The molecular weight excluding hydrogens is 584 g/mol. The topological polar surface area (TPSA) is 94.7 Å². The molecule has 4 atom stereocenters. The minimum absolute atomic E-state index is 0.0329. The van der Waals surface area contributed by atoms with Crippen molar-refractivity contribution in [1.29, 1.82) is 0 Å². The normalized spacial score (nSPS) is 20.8. The fourth-order valence-corrected chi connectivity index (χ4v) is 5.56. The van der Waals surface area contributed by atoms with E-state index in [-0.39, 0.29) is 36.8 Å². The molecule has 8 nitrogen and oxygen atoms in total. The Hall–Kier alpha value is -4.08. The van der Waals surface area contributed by atoms with Gasteiger partial charge in [-0.15, -0.1) is 0 Å². The second-order valence-electron chi connectivity index (χ2n) is 12.0. The second kappa shape index (κ2) is 14.6. The lowest BCUT2D eigenvalue weighted by Gasteiger charge is -2.30. The molecule has 46 heavy (non-hydrogen) atoms. The quantitative estimate of drug-likeness (QED) is 0.111. The van der Waals surface area contributed by atoms with E-state index in [1.165, 1.54) is 0 Å². The second-order valence-corrected chi connectivity index (χ2v) is 12.0. The highest BCUT2D eigenvalue weighted by Crippen LogP contribution is 2.44.